The van der Waals surface area contributed by atoms with Crippen LogP contribution >= 0.6 is 0 Å². The van der Waals surface area contributed by atoms with Gasteiger partial charge in [-0.05, 0) is 32.3 Å². The van der Waals surface area contributed by atoms with Crippen molar-refractivity contribution < 1.29 is 17.9 Å². The molecule has 10 nitrogen and oxygen atoms in total. The summed E-state index contributed by atoms with van der Waals surface area (Å²) in [6, 6.07) is 7.90. The third kappa shape index (κ3) is 4.40. The lowest BCUT2D eigenvalue weighted by Gasteiger charge is -2.16. The maximum Gasteiger partial charge on any atom is 0.434 e. The number of aryl methyl sites for hydroxylation is 1. The summed E-state index contributed by atoms with van der Waals surface area (Å²) in [5, 5.41) is 4.62. The summed E-state index contributed by atoms with van der Waals surface area (Å²) >= 11 is 0. The normalized spacial score (nSPS) is 14.6. The molecule has 0 spiro atoms. The number of hydrogen-bond donors (Lipinski definition) is 0. The van der Waals surface area contributed by atoms with Gasteiger partial charge in [-0.2, -0.15) is 18.2 Å². The van der Waals surface area contributed by atoms with E-state index in [1.807, 2.05) is 6.92 Å². The second-order valence-electron chi connectivity index (χ2n) is 9.65. The summed E-state index contributed by atoms with van der Waals surface area (Å²) in [5.41, 5.74) is 1.50. The molecule has 0 saturated heterocycles. The van der Waals surface area contributed by atoms with E-state index in [9.17, 15) is 18.0 Å². The maximum atomic E-state index is 13.2. The van der Waals surface area contributed by atoms with Gasteiger partial charge in [-0.15, -0.1) is 5.10 Å². The summed E-state index contributed by atoms with van der Waals surface area (Å²) in [5.74, 6) is 1.55. The SMILES string of the molecule is CCn1cc(C(F)(F)F)nc1-c1ccc([C@H](C)n2c(=O)ccn3nc(-c4c(OC)ncnc4C4CC4)nc23)cc1. The van der Waals surface area contributed by atoms with Gasteiger partial charge in [-0.3, -0.25) is 9.36 Å². The van der Waals surface area contributed by atoms with Crippen LogP contribution in [-0.2, 0) is 12.7 Å². The van der Waals surface area contributed by atoms with E-state index in [2.05, 4.69) is 20.1 Å². The van der Waals surface area contributed by atoms with Crippen molar-refractivity contribution in [3.63, 3.8) is 0 Å². The molecule has 0 bridgehead atoms. The zero-order valence-electron chi connectivity index (χ0n) is 21.9. The Morgan fingerprint density at radius 1 is 1.10 bits per heavy atom. The number of nitrogens with zero attached hydrogens (tertiary/aromatic N) is 8. The van der Waals surface area contributed by atoms with E-state index < -0.39 is 17.9 Å². The molecule has 0 aliphatic heterocycles. The predicted molar refractivity (Wildman–Crippen MR) is 139 cm³/mol. The van der Waals surface area contributed by atoms with E-state index in [1.165, 1.54) is 33.2 Å². The quantitative estimate of drug-likeness (QED) is 0.288. The van der Waals surface area contributed by atoms with Gasteiger partial charge in [-0.1, -0.05) is 24.3 Å². The highest BCUT2D eigenvalue weighted by Gasteiger charge is 2.35. The molecule has 1 aromatic carbocycles. The minimum absolute atomic E-state index is 0.223. The lowest BCUT2D eigenvalue weighted by molar-refractivity contribution is -0.140. The van der Waals surface area contributed by atoms with Gasteiger partial charge >= 0.3 is 6.18 Å². The van der Waals surface area contributed by atoms with Crippen LogP contribution in [0.1, 0.15) is 55.6 Å². The van der Waals surface area contributed by atoms with E-state index in [0.717, 1.165) is 30.3 Å². The van der Waals surface area contributed by atoms with Crippen molar-refractivity contribution in [2.45, 2.75) is 51.4 Å². The van der Waals surface area contributed by atoms with Crippen molar-refractivity contribution in [2.75, 3.05) is 7.11 Å². The van der Waals surface area contributed by atoms with E-state index in [4.69, 9.17) is 9.72 Å². The Balaban J connectivity index is 1.39. The van der Waals surface area contributed by atoms with E-state index in [-0.39, 0.29) is 17.3 Å². The molecular formula is C27H25F3N8O2. The zero-order chi connectivity index (χ0) is 28.2. The first-order chi connectivity index (χ1) is 19.2. The average molecular weight is 551 g/mol. The summed E-state index contributed by atoms with van der Waals surface area (Å²) in [6.07, 6.45) is 1.51. The third-order valence-corrected chi connectivity index (χ3v) is 7.09. The molecule has 6 rings (SSSR count). The predicted octanol–water partition coefficient (Wildman–Crippen LogP) is 4.75. The lowest BCUT2D eigenvalue weighted by Crippen LogP contribution is -2.25. The van der Waals surface area contributed by atoms with Crippen molar-refractivity contribution in [3.8, 4) is 28.7 Å². The Morgan fingerprint density at radius 3 is 2.50 bits per heavy atom. The molecule has 4 heterocycles. The van der Waals surface area contributed by atoms with E-state index in [1.54, 1.807) is 37.4 Å². The van der Waals surface area contributed by atoms with Gasteiger partial charge in [0.1, 0.15) is 17.7 Å². The molecule has 4 aromatic heterocycles. The highest BCUT2D eigenvalue weighted by atomic mass is 19.4. The number of benzene rings is 1. The Bertz CT molecular complexity index is 1770. The van der Waals surface area contributed by atoms with Gasteiger partial charge in [0.25, 0.3) is 5.56 Å². The highest BCUT2D eigenvalue weighted by molar-refractivity contribution is 5.67. The molecule has 1 aliphatic rings. The molecule has 206 valence electrons. The van der Waals surface area contributed by atoms with Gasteiger partial charge in [0.2, 0.25) is 11.7 Å². The Morgan fingerprint density at radius 2 is 1.85 bits per heavy atom. The van der Waals surface area contributed by atoms with Crippen molar-refractivity contribution in [1.29, 1.82) is 0 Å². The molecule has 40 heavy (non-hydrogen) atoms. The average Bonchev–Trinajstić information content (AvgIpc) is 3.55. The van der Waals surface area contributed by atoms with Crippen LogP contribution in [0.3, 0.4) is 0 Å². The van der Waals surface area contributed by atoms with Crippen molar-refractivity contribution in [3.05, 3.63) is 76.4 Å². The third-order valence-electron chi connectivity index (χ3n) is 7.09. The van der Waals surface area contributed by atoms with Crippen LogP contribution < -0.4 is 10.3 Å². The molecule has 1 aliphatic carbocycles. The molecule has 1 saturated carbocycles. The fourth-order valence-corrected chi connectivity index (χ4v) is 4.86. The maximum absolute atomic E-state index is 13.2. The highest BCUT2D eigenvalue weighted by Crippen LogP contribution is 2.45. The number of rotatable bonds is 7. The monoisotopic (exact) mass is 550 g/mol. The van der Waals surface area contributed by atoms with Gasteiger partial charge in [0.15, 0.2) is 11.5 Å². The second-order valence-corrected chi connectivity index (χ2v) is 9.65. The molecule has 0 radical (unpaired) electrons. The van der Waals surface area contributed by atoms with Gasteiger partial charge < -0.3 is 9.30 Å². The van der Waals surface area contributed by atoms with Gasteiger partial charge in [0, 0.05) is 36.5 Å². The number of imidazole rings is 1. The van der Waals surface area contributed by atoms with E-state index in [0.29, 0.717) is 35.2 Å². The lowest BCUT2D eigenvalue weighted by atomic mass is 10.1. The molecule has 1 atom stereocenters. The van der Waals surface area contributed by atoms with Crippen LogP contribution in [0.4, 0.5) is 13.2 Å². The molecule has 0 N–H and O–H groups in total. The first-order valence-corrected chi connectivity index (χ1v) is 12.8. The van der Waals surface area contributed by atoms with Crippen LogP contribution in [0.2, 0.25) is 0 Å². The summed E-state index contributed by atoms with van der Waals surface area (Å²) in [6.45, 7) is 3.94. The fraction of sp³-hybridized carbons (Fsp3) is 0.333. The minimum Gasteiger partial charge on any atom is -0.480 e. The standard InChI is InChI=1S/C27H25F3N8O2/c1-4-36-13-19(27(28,29)30)33-24(36)18-9-5-16(6-10-18)15(2)38-20(39)11-12-37-26(38)34-23(35-37)21-22(17-7-8-17)31-14-32-25(21)40-3/h5-6,9-15,17H,4,7-8H2,1-3H3/t15-/m0/s1. The van der Waals surface area contributed by atoms with Crippen molar-refractivity contribution in [2.24, 2.45) is 0 Å². The van der Waals surface area contributed by atoms with Crippen molar-refractivity contribution >= 4 is 5.78 Å². The van der Waals surface area contributed by atoms with Crippen LogP contribution in [0.25, 0.3) is 28.6 Å². The number of halogens is 3. The van der Waals surface area contributed by atoms with Crippen molar-refractivity contribution in [1.82, 2.24) is 38.7 Å². The fourth-order valence-electron chi connectivity index (χ4n) is 4.86. The first-order valence-electron chi connectivity index (χ1n) is 12.8. The zero-order valence-corrected chi connectivity index (χ0v) is 21.9. The number of ether oxygens (including phenoxy) is 1. The summed E-state index contributed by atoms with van der Waals surface area (Å²) in [7, 11) is 1.52. The van der Waals surface area contributed by atoms with Crippen LogP contribution in [0.5, 0.6) is 5.88 Å². The van der Waals surface area contributed by atoms with Crippen LogP contribution in [0.15, 0.2) is 53.8 Å². The molecule has 13 heteroatoms. The summed E-state index contributed by atoms with van der Waals surface area (Å²) < 4.78 is 49.7. The topological polar surface area (TPSA) is 105 Å². The van der Waals surface area contributed by atoms with Gasteiger partial charge in [0.05, 0.1) is 18.8 Å². The summed E-state index contributed by atoms with van der Waals surface area (Å²) in [4.78, 5) is 30.3. The Hall–Kier alpha value is -4.55. The molecule has 0 unspecified atom stereocenters. The number of methoxy groups -OCH3 is 1. The molecule has 5 aromatic rings. The largest absolute Gasteiger partial charge is 0.480 e. The Kier molecular flexibility index (Phi) is 6.15. The number of aromatic nitrogens is 8. The smallest absolute Gasteiger partial charge is 0.434 e. The van der Waals surface area contributed by atoms with Crippen LogP contribution in [0, 0.1) is 0 Å². The number of hydrogen-bond acceptors (Lipinski definition) is 7. The molecular weight excluding hydrogens is 525 g/mol. The van der Waals surface area contributed by atoms with Crippen LogP contribution in [-0.4, -0.2) is 45.8 Å². The minimum atomic E-state index is -4.53. The second kappa shape index (κ2) is 9.57. The van der Waals surface area contributed by atoms with Gasteiger partial charge in [-0.25, -0.2) is 19.5 Å². The number of alkyl halides is 3. The Labute approximate surface area is 226 Å². The van der Waals surface area contributed by atoms with E-state index >= 15 is 0 Å². The first kappa shape index (κ1) is 25.7. The number of fused-ring (bicyclic) bond motifs is 1. The molecule has 1 fully saturated rings. The molecule has 0 amide bonds.